The van der Waals surface area contributed by atoms with Gasteiger partial charge in [-0.05, 0) is 35.2 Å². The van der Waals surface area contributed by atoms with Gasteiger partial charge in [0, 0.05) is 20.8 Å². The summed E-state index contributed by atoms with van der Waals surface area (Å²) in [5.74, 6) is -0.967. The Morgan fingerprint density at radius 2 is 1.97 bits per heavy atom. The lowest BCUT2D eigenvalue weighted by molar-refractivity contribution is -0.140. The minimum absolute atomic E-state index is 0.0394. The number of H-pyrrole nitrogens is 1. The molecule has 1 aliphatic heterocycles. The lowest BCUT2D eigenvalue weighted by atomic mass is 9.84. The number of aromatic nitrogens is 2. The van der Waals surface area contributed by atoms with Gasteiger partial charge in [-0.2, -0.15) is 18.4 Å². The Morgan fingerprint density at radius 1 is 1.22 bits per heavy atom. The highest BCUT2D eigenvalue weighted by atomic mass is 35.5. The molecule has 37 heavy (non-hydrogen) atoms. The number of allylic oxidation sites excluding steroid dienone is 1. The molecule has 6 nitrogen and oxygen atoms in total. The van der Waals surface area contributed by atoms with Gasteiger partial charge in [0.25, 0.3) is 5.56 Å². The van der Waals surface area contributed by atoms with Crippen LogP contribution >= 0.6 is 34.3 Å². The second-order valence-corrected chi connectivity index (χ2v) is 10.6. The first kappa shape index (κ1) is 23.5. The van der Waals surface area contributed by atoms with Crippen LogP contribution in [0, 0.1) is 11.3 Å². The Bertz CT molecular complexity index is 1850. The summed E-state index contributed by atoms with van der Waals surface area (Å²) in [7, 11) is 0. The van der Waals surface area contributed by atoms with Gasteiger partial charge in [0.1, 0.15) is 22.2 Å². The Labute approximate surface area is 219 Å². The molecule has 0 radical (unpaired) electrons. The molecule has 1 atom stereocenters. The van der Waals surface area contributed by atoms with Crippen molar-refractivity contribution in [2.75, 3.05) is 0 Å². The minimum Gasteiger partial charge on any atom is -0.438 e. The zero-order valence-electron chi connectivity index (χ0n) is 18.3. The van der Waals surface area contributed by atoms with Crippen LogP contribution < -0.4 is 16.0 Å². The molecule has 5 heterocycles. The first-order chi connectivity index (χ1) is 17.7. The highest BCUT2D eigenvalue weighted by molar-refractivity contribution is 7.26. The third kappa shape index (κ3) is 3.68. The number of hydrogen-bond donors (Lipinski definition) is 2. The molecular weight excluding hydrogens is 545 g/mol. The number of nitrogens with one attached hydrogen (secondary N) is 1. The molecule has 1 aromatic carbocycles. The predicted octanol–water partition coefficient (Wildman–Crippen LogP) is 6.76. The second-order valence-electron chi connectivity index (χ2n) is 8.19. The summed E-state index contributed by atoms with van der Waals surface area (Å²) in [5.41, 5.74) is 5.85. The molecule has 0 bridgehead atoms. The van der Waals surface area contributed by atoms with Crippen molar-refractivity contribution >= 4 is 54.7 Å². The number of rotatable bonds is 2. The van der Waals surface area contributed by atoms with E-state index in [1.54, 1.807) is 41.8 Å². The van der Waals surface area contributed by atoms with E-state index in [2.05, 4.69) is 9.97 Å². The lowest BCUT2D eigenvalue weighted by Crippen LogP contribution is -2.27. The van der Waals surface area contributed by atoms with Gasteiger partial charge >= 0.3 is 6.18 Å². The summed E-state index contributed by atoms with van der Waals surface area (Å²) >= 11 is 8.25. The number of fused-ring (bicyclic) bond motifs is 5. The maximum absolute atomic E-state index is 13.7. The van der Waals surface area contributed by atoms with Crippen molar-refractivity contribution in [1.29, 1.82) is 5.26 Å². The molecule has 0 unspecified atom stereocenters. The standard InChI is InChI=1S/C25H12ClF3N4O2S2/c26-11-5-3-10(4-6-11)16-13(9-30)22(31)35-20-18(16)23(34)33-19-17-12(14-2-1-7-36-14)8-15(25(27,28)29)32-24(17)37-21(19)20/h1-8,16H,31H2,(H,33,34)/t16-/m1/s1. The number of benzene rings is 1. The lowest BCUT2D eigenvalue weighted by Gasteiger charge is -2.25. The van der Waals surface area contributed by atoms with Crippen molar-refractivity contribution in [3.8, 4) is 22.3 Å². The molecule has 12 heteroatoms. The van der Waals surface area contributed by atoms with Crippen LogP contribution in [0.25, 0.3) is 30.9 Å². The van der Waals surface area contributed by atoms with E-state index in [1.165, 1.54) is 11.3 Å². The topological polar surface area (TPSA) is 105 Å². The van der Waals surface area contributed by atoms with Gasteiger partial charge in [-0.1, -0.05) is 29.8 Å². The molecule has 0 fully saturated rings. The van der Waals surface area contributed by atoms with E-state index < -0.39 is 23.3 Å². The van der Waals surface area contributed by atoms with Crippen molar-refractivity contribution in [1.82, 2.24) is 9.97 Å². The Kier molecular flexibility index (Phi) is 5.31. The van der Waals surface area contributed by atoms with Crippen LogP contribution in [0.15, 0.2) is 64.1 Å². The molecule has 4 aromatic heterocycles. The highest BCUT2D eigenvalue weighted by Gasteiger charge is 2.37. The molecule has 1 aliphatic rings. The fourth-order valence-electron chi connectivity index (χ4n) is 4.48. The molecule has 184 valence electrons. The van der Waals surface area contributed by atoms with Crippen molar-refractivity contribution in [3.05, 3.63) is 91.5 Å². The van der Waals surface area contributed by atoms with Gasteiger partial charge in [-0.3, -0.25) is 4.79 Å². The Hall–Kier alpha value is -3.85. The molecule has 0 aliphatic carbocycles. The zero-order valence-corrected chi connectivity index (χ0v) is 20.7. The number of nitrogens with zero attached hydrogens (tertiary/aromatic N) is 2. The number of halogens is 4. The van der Waals surface area contributed by atoms with E-state index in [4.69, 9.17) is 22.1 Å². The van der Waals surface area contributed by atoms with Crippen molar-refractivity contribution in [2.24, 2.45) is 5.73 Å². The maximum atomic E-state index is 13.7. The molecular formula is C25H12ClF3N4O2S2. The molecule has 3 N–H and O–H groups in total. The fourth-order valence-corrected chi connectivity index (χ4v) is 6.50. The fraction of sp³-hybridized carbons (Fsp3) is 0.0800. The predicted molar refractivity (Wildman–Crippen MR) is 137 cm³/mol. The van der Waals surface area contributed by atoms with Gasteiger partial charge in [-0.25, -0.2) is 4.98 Å². The zero-order chi connectivity index (χ0) is 26.1. The first-order valence-electron chi connectivity index (χ1n) is 10.6. The van der Waals surface area contributed by atoms with Crippen LogP contribution in [0.3, 0.4) is 0 Å². The summed E-state index contributed by atoms with van der Waals surface area (Å²) < 4.78 is 47.4. The normalized spacial score (nSPS) is 15.6. The van der Waals surface area contributed by atoms with Gasteiger partial charge in [0.15, 0.2) is 5.75 Å². The van der Waals surface area contributed by atoms with E-state index in [0.717, 1.165) is 17.4 Å². The van der Waals surface area contributed by atoms with Crippen LogP contribution in [0.1, 0.15) is 22.7 Å². The molecule has 0 saturated carbocycles. The molecule has 0 saturated heterocycles. The monoisotopic (exact) mass is 556 g/mol. The molecule has 0 amide bonds. The maximum Gasteiger partial charge on any atom is 0.433 e. The van der Waals surface area contributed by atoms with Gasteiger partial charge in [0.2, 0.25) is 5.88 Å². The van der Waals surface area contributed by atoms with E-state index in [0.29, 0.717) is 31.1 Å². The van der Waals surface area contributed by atoms with E-state index in [-0.39, 0.29) is 33.1 Å². The molecule has 0 spiro atoms. The average molecular weight is 557 g/mol. The van der Waals surface area contributed by atoms with E-state index in [1.807, 2.05) is 6.07 Å². The van der Waals surface area contributed by atoms with Gasteiger partial charge < -0.3 is 15.5 Å². The smallest absolute Gasteiger partial charge is 0.433 e. The van der Waals surface area contributed by atoms with Crippen LogP contribution in [-0.4, -0.2) is 9.97 Å². The first-order valence-corrected chi connectivity index (χ1v) is 12.7. The number of thiophene rings is 2. The molecule has 6 rings (SSSR count). The summed E-state index contributed by atoms with van der Waals surface area (Å²) in [4.78, 5) is 20.9. The van der Waals surface area contributed by atoms with Gasteiger partial charge in [-0.15, -0.1) is 22.7 Å². The van der Waals surface area contributed by atoms with Crippen LogP contribution in [-0.2, 0) is 6.18 Å². The number of hydrogen-bond acceptors (Lipinski definition) is 7. The number of nitriles is 1. The number of nitrogens with two attached hydrogens (primary N) is 1. The van der Waals surface area contributed by atoms with Crippen molar-refractivity contribution < 1.29 is 17.9 Å². The second kappa shape index (κ2) is 8.34. The summed E-state index contributed by atoms with van der Waals surface area (Å²) in [6.07, 6.45) is -4.67. The van der Waals surface area contributed by atoms with E-state index in [9.17, 15) is 23.2 Å². The largest absolute Gasteiger partial charge is 0.438 e. The Balaban J connectivity index is 1.71. The summed E-state index contributed by atoms with van der Waals surface area (Å²) in [5, 5.41) is 12.4. The number of alkyl halides is 3. The quantitative estimate of drug-likeness (QED) is 0.250. The van der Waals surface area contributed by atoms with E-state index >= 15 is 0 Å². The summed E-state index contributed by atoms with van der Waals surface area (Å²) in [6.45, 7) is 0. The average Bonchev–Trinajstić information content (AvgIpc) is 3.51. The third-order valence-corrected chi connectivity index (χ3v) is 8.29. The number of aromatic amines is 1. The number of ether oxygens (including phenoxy) is 1. The highest BCUT2D eigenvalue weighted by Crippen LogP contribution is 2.49. The third-order valence-electron chi connectivity index (χ3n) is 6.05. The van der Waals surface area contributed by atoms with Gasteiger partial charge in [0.05, 0.1) is 21.7 Å². The Morgan fingerprint density at radius 3 is 2.62 bits per heavy atom. The minimum atomic E-state index is -4.67. The van der Waals surface area contributed by atoms with Crippen LogP contribution in [0.4, 0.5) is 13.2 Å². The summed E-state index contributed by atoms with van der Waals surface area (Å²) in [6, 6.07) is 13.0. The number of pyridine rings is 2. The van der Waals surface area contributed by atoms with Crippen LogP contribution in [0.5, 0.6) is 5.75 Å². The SMILES string of the molecule is N#CC1=C(N)Oc2c(c(=O)[nH]c3c2sc2nc(C(F)(F)F)cc(-c4cccs4)c23)[C@@H]1c1ccc(Cl)cc1. The van der Waals surface area contributed by atoms with Crippen molar-refractivity contribution in [3.63, 3.8) is 0 Å². The molecule has 5 aromatic rings. The van der Waals surface area contributed by atoms with Crippen LogP contribution in [0.2, 0.25) is 5.02 Å². The van der Waals surface area contributed by atoms with Crippen molar-refractivity contribution in [2.45, 2.75) is 12.1 Å².